The highest BCUT2D eigenvalue weighted by molar-refractivity contribution is 8.00. The van der Waals surface area contributed by atoms with Crippen LogP contribution in [0, 0.1) is 5.92 Å². The Morgan fingerprint density at radius 3 is 2.73 bits per heavy atom. The Hall–Kier alpha value is -1.77. The van der Waals surface area contributed by atoms with Crippen molar-refractivity contribution in [3.05, 3.63) is 0 Å². The van der Waals surface area contributed by atoms with Gasteiger partial charge in [0.25, 0.3) is 0 Å². The Balaban J connectivity index is 1.82. The zero-order valence-electron chi connectivity index (χ0n) is 12.7. The molecular formula is C13H21N5O3S. The third-order valence-corrected chi connectivity index (χ3v) is 4.49. The molecule has 0 radical (unpaired) electrons. The first-order chi connectivity index (χ1) is 10.5. The number of rotatable bonds is 5. The monoisotopic (exact) mass is 327 g/mol. The number of H-pyrrole nitrogens is 1. The SMILES string of the molecule is CCOC(=O)C1CCN(C(=O)[C@H](C)Sc2n[nH]c(N)n2)CC1. The normalized spacial score (nSPS) is 17.3. The Morgan fingerprint density at radius 1 is 1.50 bits per heavy atom. The number of nitrogens with two attached hydrogens (primary N) is 1. The number of amides is 1. The number of ether oxygens (including phenoxy) is 1. The molecule has 0 bridgehead atoms. The lowest BCUT2D eigenvalue weighted by Crippen LogP contribution is -2.43. The first-order valence-corrected chi connectivity index (χ1v) is 8.19. The van der Waals surface area contributed by atoms with Gasteiger partial charge >= 0.3 is 5.97 Å². The summed E-state index contributed by atoms with van der Waals surface area (Å²) in [6.07, 6.45) is 1.30. The fourth-order valence-electron chi connectivity index (χ4n) is 2.37. The van der Waals surface area contributed by atoms with Gasteiger partial charge in [0.15, 0.2) is 0 Å². The number of nitrogen functional groups attached to an aromatic ring is 1. The van der Waals surface area contributed by atoms with Crippen LogP contribution < -0.4 is 5.73 Å². The molecule has 1 atom stereocenters. The van der Waals surface area contributed by atoms with E-state index in [0.717, 1.165) is 0 Å². The summed E-state index contributed by atoms with van der Waals surface area (Å²) in [6, 6.07) is 0. The summed E-state index contributed by atoms with van der Waals surface area (Å²) in [5.74, 6) is 0.000986. The topological polar surface area (TPSA) is 114 Å². The van der Waals surface area contributed by atoms with E-state index < -0.39 is 0 Å². The average molecular weight is 327 g/mol. The Bertz CT molecular complexity index is 528. The number of carbonyl (C=O) groups is 2. The lowest BCUT2D eigenvalue weighted by atomic mass is 9.97. The molecule has 1 aromatic heterocycles. The lowest BCUT2D eigenvalue weighted by molar-refractivity contribution is -0.151. The molecule has 1 aromatic rings. The van der Waals surface area contributed by atoms with Crippen molar-refractivity contribution in [2.24, 2.45) is 5.92 Å². The second-order valence-electron chi connectivity index (χ2n) is 5.11. The summed E-state index contributed by atoms with van der Waals surface area (Å²) in [4.78, 5) is 29.9. The van der Waals surface area contributed by atoms with E-state index in [1.54, 1.807) is 11.8 Å². The number of esters is 1. The van der Waals surface area contributed by atoms with Gasteiger partial charge in [-0.25, -0.2) is 5.10 Å². The molecule has 122 valence electrons. The minimum atomic E-state index is -0.297. The van der Waals surface area contributed by atoms with Crippen molar-refractivity contribution in [1.29, 1.82) is 0 Å². The maximum absolute atomic E-state index is 12.4. The van der Waals surface area contributed by atoms with Gasteiger partial charge < -0.3 is 15.4 Å². The zero-order valence-corrected chi connectivity index (χ0v) is 13.6. The van der Waals surface area contributed by atoms with Crippen molar-refractivity contribution >= 4 is 29.6 Å². The lowest BCUT2D eigenvalue weighted by Gasteiger charge is -2.32. The summed E-state index contributed by atoms with van der Waals surface area (Å²) >= 11 is 1.27. The molecule has 1 amide bonds. The number of aromatic amines is 1. The molecule has 3 N–H and O–H groups in total. The number of anilines is 1. The van der Waals surface area contributed by atoms with Gasteiger partial charge in [-0.1, -0.05) is 11.8 Å². The molecule has 22 heavy (non-hydrogen) atoms. The van der Waals surface area contributed by atoms with Gasteiger partial charge in [0.2, 0.25) is 17.0 Å². The van der Waals surface area contributed by atoms with E-state index in [9.17, 15) is 9.59 Å². The minimum absolute atomic E-state index is 0.0238. The average Bonchev–Trinajstić information content (AvgIpc) is 2.92. The number of hydrogen-bond acceptors (Lipinski definition) is 7. The maximum atomic E-state index is 12.4. The fourth-order valence-corrected chi connectivity index (χ4v) is 3.19. The molecule has 0 spiro atoms. The number of nitrogens with zero attached hydrogens (tertiary/aromatic N) is 3. The van der Waals surface area contributed by atoms with Crippen LogP contribution >= 0.6 is 11.8 Å². The smallest absolute Gasteiger partial charge is 0.309 e. The van der Waals surface area contributed by atoms with Crippen LogP contribution in [0.3, 0.4) is 0 Å². The number of thioether (sulfide) groups is 1. The van der Waals surface area contributed by atoms with Crippen LogP contribution in [-0.4, -0.2) is 56.9 Å². The first kappa shape index (κ1) is 16.6. The summed E-state index contributed by atoms with van der Waals surface area (Å²) in [5.41, 5.74) is 5.46. The molecule has 0 aromatic carbocycles. The standard InChI is InChI=1S/C13H21N5O3S/c1-3-21-11(20)9-4-6-18(7-5-9)10(19)8(2)22-13-15-12(14)16-17-13/h8-9H,3-7H2,1-2H3,(H3,14,15,16,17)/t8-/m0/s1. The summed E-state index contributed by atoms with van der Waals surface area (Å²) in [6.45, 7) is 5.15. The number of piperidine rings is 1. The fraction of sp³-hybridized carbons (Fsp3) is 0.692. The molecule has 1 fully saturated rings. The summed E-state index contributed by atoms with van der Waals surface area (Å²) in [5, 5.41) is 6.61. The molecule has 2 heterocycles. The van der Waals surface area contributed by atoms with E-state index >= 15 is 0 Å². The van der Waals surface area contributed by atoms with Gasteiger partial charge in [0, 0.05) is 13.1 Å². The molecule has 2 rings (SSSR count). The molecule has 0 aliphatic carbocycles. The van der Waals surface area contributed by atoms with Crippen molar-refractivity contribution in [2.45, 2.75) is 37.1 Å². The summed E-state index contributed by atoms with van der Waals surface area (Å²) < 4.78 is 5.03. The van der Waals surface area contributed by atoms with Crippen molar-refractivity contribution < 1.29 is 14.3 Å². The second kappa shape index (κ2) is 7.48. The highest BCUT2D eigenvalue weighted by Gasteiger charge is 2.30. The maximum Gasteiger partial charge on any atom is 0.309 e. The van der Waals surface area contributed by atoms with Crippen LogP contribution in [0.25, 0.3) is 0 Å². The van der Waals surface area contributed by atoms with Crippen LogP contribution in [0.4, 0.5) is 5.95 Å². The second-order valence-corrected chi connectivity index (χ2v) is 6.42. The molecule has 1 aliphatic rings. The minimum Gasteiger partial charge on any atom is -0.466 e. The number of nitrogens with one attached hydrogen (secondary N) is 1. The molecule has 8 nitrogen and oxygen atoms in total. The predicted octanol–water partition coefficient (Wildman–Crippen LogP) is 0.669. The Morgan fingerprint density at radius 2 is 2.18 bits per heavy atom. The van der Waals surface area contributed by atoms with Gasteiger partial charge in [-0.15, -0.1) is 5.10 Å². The van der Waals surface area contributed by atoms with Crippen LogP contribution in [0.15, 0.2) is 5.16 Å². The van der Waals surface area contributed by atoms with Crippen LogP contribution in [0.5, 0.6) is 0 Å². The molecular weight excluding hydrogens is 306 g/mol. The van der Waals surface area contributed by atoms with Crippen LogP contribution in [0.1, 0.15) is 26.7 Å². The van der Waals surface area contributed by atoms with E-state index in [-0.39, 0.29) is 29.0 Å². The van der Waals surface area contributed by atoms with E-state index in [4.69, 9.17) is 10.5 Å². The summed E-state index contributed by atoms with van der Waals surface area (Å²) in [7, 11) is 0. The molecule has 1 aliphatic heterocycles. The van der Waals surface area contributed by atoms with Gasteiger partial charge in [-0.2, -0.15) is 4.98 Å². The largest absolute Gasteiger partial charge is 0.466 e. The first-order valence-electron chi connectivity index (χ1n) is 7.31. The van der Waals surface area contributed by atoms with Gasteiger partial charge in [-0.3, -0.25) is 9.59 Å². The van der Waals surface area contributed by atoms with E-state index in [2.05, 4.69) is 15.2 Å². The van der Waals surface area contributed by atoms with Gasteiger partial charge in [0.1, 0.15) is 0 Å². The molecule has 0 saturated carbocycles. The quantitative estimate of drug-likeness (QED) is 0.603. The van der Waals surface area contributed by atoms with Crippen molar-refractivity contribution in [3.8, 4) is 0 Å². The number of carbonyl (C=O) groups excluding carboxylic acids is 2. The number of aromatic nitrogens is 3. The van der Waals surface area contributed by atoms with Crippen molar-refractivity contribution in [2.75, 3.05) is 25.4 Å². The Labute approximate surface area is 133 Å². The van der Waals surface area contributed by atoms with E-state index in [0.29, 0.717) is 37.7 Å². The third kappa shape index (κ3) is 4.12. The highest BCUT2D eigenvalue weighted by Crippen LogP contribution is 2.24. The molecule has 0 unspecified atom stereocenters. The van der Waals surface area contributed by atoms with Crippen molar-refractivity contribution in [3.63, 3.8) is 0 Å². The van der Waals surface area contributed by atoms with Gasteiger partial charge in [-0.05, 0) is 26.7 Å². The molecule has 9 heteroatoms. The van der Waals surface area contributed by atoms with E-state index in [1.807, 2.05) is 6.92 Å². The molecule has 1 saturated heterocycles. The Kier molecular flexibility index (Phi) is 5.64. The van der Waals surface area contributed by atoms with E-state index in [1.165, 1.54) is 11.8 Å². The van der Waals surface area contributed by atoms with Crippen molar-refractivity contribution in [1.82, 2.24) is 20.1 Å². The predicted molar refractivity (Wildman–Crippen MR) is 82.1 cm³/mol. The zero-order chi connectivity index (χ0) is 16.1. The van der Waals surface area contributed by atoms with Gasteiger partial charge in [0.05, 0.1) is 17.8 Å². The third-order valence-electron chi connectivity index (χ3n) is 3.54. The highest BCUT2D eigenvalue weighted by atomic mass is 32.2. The number of hydrogen-bond donors (Lipinski definition) is 2. The van der Waals surface area contributed by atoms with Crippen LogP contribution in [0.2, 0.25) is 0 Å². The van der Waals surface area contributed by atoms with Crippen LogP contribution in [-0.2, 0) is 14.3 Å². The number of likely N-dealkylation sites (tertiary alicyclic amines) is 1.